The Balaban J connectivity index is 2.05. The molecule has 100 valence electrons. The molecule has 0 radical (unpaired) electrons. The van der Waals surface area contributed by atoms with Crippen LogP contribution in [0.25, 0.3) is 0 Å². The number of hydrogen-bond acceptors (Lipinski definition) is 4. The van der Waals surface area contributed by atoms with E-state index in [0.717, 1.165) is 5.75 Å². The molecule has 1 aliphatic rings. The van der Waals surface area contributed by atoms with E-state index < -0.39 is 0 Å². The normalized spacial score (nSPS) is 27.7. The van der Waals surface area contributed by atoms with Gasteiger partial charge in [0.2, 0.25) is 0 Å². The van der Waals surface area contributed by atoms with Gasteiger partial charge in [-0.15, -0.1) is 0 Å². The number of para-hydroxylation sites is 1. The number of rotatable bonds is 5. The van der Waals surface area contributed by atoms with E-state index in [0.29, 0.717) is 12.8 Å². The number of aliphatic hydroxyl groups is 1. The SMILES string of the molecule is COC(OC)C1C[C@H](O)C[C@H]1Oc1ccccc1. The molecule has 1 fully saturated rings. The van der Waals surface area contributed by atoms with Crippen LogP contribution in [0.2, 0.25) is 0 Å². The first-order chi connectivity index (χ1) is 8.74. The molecule has 0 amide bonds. The largest absolute Gasteiger partial charge is 0.490 e. The minimum absolute atomic E-state index is 0.0511. The van der Waals surface area contributed by atoms with Gasteiger partial charge in [-0.05, 0) is 18.6 Å². The van der Waals surface area contributed by atoms with Crippen LogP contribution in [-0.4, -0.2) is 37.8 Å². The van der Waals surface area contributed by atoms with Gasteiger partial charge in [-0.1, -0.05) is 18.2 Å². The lowest BCUT2D eigenvalue weighted by Crippen LogP contribution is -2.34. The molecule has 0 bridgehead atoms. The third-order valence-corrected chi connectivity index (χ3v) is 3.37. The summed E-state index contributed by atoms with van der Waals surface area (Å²) < 4.78 is 16.5. The van der Waals surface area contributed by atoms with Crippen molar-refractivity contribution in [2.75, 3.05) is 14.2 Å². The second-order valence-corrected chi connectivity index (χ2v) is 4.60. The van der Waals surface area contributed by atoms with Crippen molar-refractivity contribution in [1.82, 2.24) is 0 Å². The Bertz CT molecular complexity index is 350. The van der Waals surface area contributed by atoms with Crippen LogP contribution in [0, 0.1) is 5.92 Å². The maximum absolute atomic E-state index is 9.80. The predicted octanol–water partition coefficient (Wildman–Crippen LogP) is 1.82. The highest BCUT2D eigenvalue weighted by Gasteiger charge is 2.40. The molecule has 0 heterocycles. The quantitative estimate of drug-likeness (QED) is 0.812. The van der Waals surface area contributed by atoms with Crippen molar-refractivity contribution in [3.8, 4) is 5.75 Å². The number of methoxy groups -OCH3 is 2. The van der Waals surface area contributed by atoms with Gasteiger partial charge in [0.05, 0.1) is 6.10 Å². The molecule has 0 aliphatic heterocycles. The highest BCUT2D eigenvalue weighted by molar-refractivity contribution is 5.21. The van der Waals surface area contributed by atoms with Crippen LogP contribution in [0.15, 0.2) is 30.3 Å². The van der Waals surface area contributed by atoms with Gasteiger partial charge in [-0.3, -0.25) is 0 Å². The van der Waals surface area contributed by atoms with Gasteiger partial charge in [0, 0.05) is 26.6 Å². The van der Waals surface area contributed by atoms with E-state index in [-0.39, 0.29) is 24.4 Å². The summed E-state index contributed by atoms with van der Waals surface area (Å²) in [6.07, 6.45) is 0.492. The zero-order valence-electron chi connectivity index (χ0n) is 10.8. The fourth-order valence-corrected chi connectivity index (χ4v) is 2.55. The first kappa shape index (κ1) is 13.3. The standard InChI is InChI=1S/C14H20O4/c1-16-14(17-2)12-8-10(15)9-13(12)18-11-6-4-3-5-7-11/h3-7,10,12-15H,8-9H2,1-2H3/t10-,12?,13+/m0/s1. The lowest BCUT2D eigenvalue weighted by Gasteiger charge is -2.26. The zero-order valence-corrected chi connectivity index (χ0v) is 10.8. The number of hydrogen-bond donors (Lipinski definition) is 1. The van der Waals surface area contributed by atoms with E-state index in [1.165, 1.54) is 0 Å². The molecule has 3 atom stereocenters. The van der Waals surface area contributed by atoms with Crippen molar-refractivity contribution in [3.63, 3.8) is 0 Å². The van der Waals surface area contributed by atoms with Crippen molar-refractivity contribution in [1.29, 1.82) is 0 Å². The van der Waals surface area contributed by atoms with Crippen LogP contribution in [0.5, 0.6) is 5.75 Å². The summed E-state index contributed by atoms with van der Waals surface area (Å²) >= 11 is 0. The molecule has 1 aliphatic carbocycles. The smallest absolute Gasteiger partial charge is 0.163 e. The number of benzene rings is 1. The van der Waals surface area contributed by atoms with Crippen LogP contribution in [0.4, 0.5) is 0 Å². The number of aliphatic hydroxyl groups excluding tert-OH is 1. The maximum Gasteiger partial charge on any atom is 0.163 e. The summed E-state index contributed by atoms with van der Waals surface area (Å²) in [6.45, 7) is 0. The fraction of sp³-hybridized carbons (Fsp3) is 0.571. The van der Waals surface area contributed by atoms with E-state index in [1.54, 1.807) is 14.2 Å². The molecule has 1 saturated carbocycles. The first-order valence-corrected chi connectivity index (χ1v) is 6.20. The van der Waals surface area contributed by atoms with Crippen molar-refractivity contribution >= 4 is 0 Å². The van der Waals surface area contributed by atoms with E-state index >= 15 is 0 Å². The summed E-state index contributed by atoms with van der Waals surface area (Å²) in [5, 5.41) is 9.80. The lowest BCUT2D eigenvalue weighted by atomic mass is 10.1. The van der Waals surface area contributed by atoms with Gasteiger partial charge in [-0.25, -0.2) is 0 Å². The minimum atomic E-state index is -0.350. The average Bonchev–Trinajstić information content (AvgIpc) is 2.73. The van der Waals surface area contributed by atoms with Crippen LogP contribution in [0.3, 0.4) is 0 Å². The Morgan fingerprint density at radius 2 is 1.78 bits per heavy atom. The topological polar surface area (TPSA) is 47.9 Å². The molecular weight excluding hydrogens is 232 g/mol. The van der Waals surface area contributed by atoms with E-state index in [2.05, 4.69) is 0 Å². The van der Waals surface area contributed by atoms with Crippen LogP contribution < -0.4 is 4.74 Å². The van der Waals surface area contributed by atoms with Crippen LogP contribution in [-0.2, 0) is 9.47 Å². The summed E-state index contributed by atoms with van der Waals surface area (Å²) in [4.78, 5) is 0. The molecule has 1 aromatic carbocycles. The van der Waals surface area contributed by atoms with Crippen molar-refractivity contribution in [2.45, 2.75) is 31.3 Å². The van der Waals surface area contributed by atoms with Crippen LogP contribution in [0.1, 0.15) is 12.8 Å². The third kappa shape index (κ3) is 3.02. The van der Waals surface area contributed by atoms with E-state index in [4.69, 9.17) is 14.2 Å². The Morgan fingerprint density at radius 3 is 2.39 bits per heavy atom. The molecular formula is C14H20O4. The average molecular weight is 252 g/mol. The summed E-state index contributed by atoms with van der Waals surface area (Å²) in [7, 11) is 3.22. The van der Waals surface area contributed by atoms with Crippen molar-refractivity contribution in [3.05, 3.63) is 30.3 Å². The number of ether oxygens (including phenoxy) is 3. The Morgan fingerprint density at radius 1 is 1.11 bits per heavy atom. The van der Waals surface area contributed by atoms with Gasteiger partial charge in [-0.2, -0.15) is 0 Å². The Labute approximate surface area is 107 Å². The molecule has 4 nitrogen and oxygen atoms in total. The highest BCUT2D eigenvalue weighted by atomic mass is 16.7. The molecule has 0 saturated heterocycles. The van der Waals surface area contributed by atoms with Gasteiger partial charge in [0.1, 0.15) is 11.9 Å². The van der Waals surface area contributed by atoms with Gasteiger partial charge in [0.25, 0.3) is 0 Å². The molecule has 0 aromatic heterocycles. The Hall–Kier alpha value is -1.10. The third-order valence-electron chi connectivity index (χ3n) is 3.37. The fourth-order valence-electron chi connectivity index (χ4n) is 2.55. The second kappa shape index (κ2) is 6.18. The second-order valence-electron chi connectivity index (χ2n) is 4.60. The molecule has 2 rings (SSSR count). The molecule has 4 heteroatoms. The van der Waals surface area contributed by atoms with Gasteiger partial charge in [0.15, 0.2) is 6.29 Å². The molecule has 0 spiro atoms. The van der Waals surface area contributed by atoms with Crippen LogP contribution >= 0.6 is 0 Å². The highest BCUT2D eigenvalue weighted by Crippen LogP contribution is 2.33. The predicted molar refractivity (Wildman–Crippen MR) is 67.4 cm³/mol. The summed E-state index contributed by atoms with van der Waals surface area (Å²) in [5.41, 5.74) is 0. The maximum atomic E-state index is 9.80. The molecule has 18 heavy (non-hydrogen) atoms. The van der Waals surface area contributed by atoms with Gasteiger partial charge >= 0.3 is 0 Å². The van der Waals surface area contributed by atoms with E-state index in [1.807, 2.05) is 30.3 Å². The molecule has 1 unspecified atom stereocenters. The zero-order chi connectivity index (χ0) is 13.0. The van der Waals surface area contributed by atoms with E-state index in [9.17, 15) is 5.11 Å². The Kier molecular flexibility index (Phi) is 4.58. The first-order valence-electron chi connectivity index (χ1n) is 6.20. The molecule has 1 N–H and O–H groups in total. The monoisotopic (exact) mass is 252 g/mol. The van der Waals surface area contributed by atoms with Crippen molar-refractivity contribution < 1.29 is 19.3 Å². The lowest BCUT2D eigenvalue weighted by molar-refractivity contribution is -0.152. The molecule has 1 aromatic rings. The van der Waals surface area contributed by atoms with Crippen molar-refractivity contribution in [2.24, 2.45) is 5.92 Å². The summed E-state index contributed by atoms with van der Waals surface area (Å²) in [6, 6.07) is 9.63. The minimum Gasteiger partial charge on any atom is -0.490 e. The van der Waals surface area contributed by atoms with Gasteiger partial charge < -0.3 is 19.3 Å². The summed E-state index contributed by atoms with van der Waals surface area (Å²) in [5.74, 6) is 0.864.